The summed E-state index contributed by atoms with van der Waals surface area (Å²) < 4.78 is 12.9. The van der Waals surface area contributed by atoms with Gasteiger partial charge in [0.15, 0.2) is 0 Å². The van der Waals surface area contributed by atoms with Crippen LogP contribution in [0.25, 0.3) is 0 Å². The molecule has 1 N–H and O–H groups in total. The molecule has 3 heterocycles. The van der Waals surface area contributed by atoms with Crippen LogP contribution in [-0.4, -0.2) is 100 Å². The Morgan fingerprint density at radius 2 is 1.91 bits per heavy atom. The minimum absolute atomic E-state index is 0.101. The predicted octanol–water partition coefficient (Wildman–Crippen LogP) is 4.04. The maximum atomic E-state index is 14.4. The van der Waals surface area contributed by atoms with Crippen molar-refractivity contribution in [2.75, 3.05) is 26.7 Å². The number of carbonyl (C=O) groups excluding carboxylic acids is 4. The first-order valence-corrected chi connectivity index (χ1v) is 16.7. The summed E-state index contributed by atoms with van der Waals surface area (Å²) >= 11 is 0. The smallest absolute Gasteiger partial charge is 0.313 e. The van der Waals surface area contributed by atoms with Gasteiger partial charge in [-0.2, -0.15) is 0 Å². The van der Waals surface area contributed by atoms with Crippen LogP contribution in [0.5, 0.6) is 0 Å². The number of allylic oxidation sites excluding steroid dienone is 1. The molecule has 2 bridgehead atoms. The zero-order valence-corrected chi connectivity index (χ0v) is 27.8. The molecule has 0 aromatic heterocycles. The Bertz CT molecular complexity index is 1270. The largest absolute Gasteiger partial charge is 0.455 e. The minimum atomic E-state index is -1.21. The van der Waals surface area contributed by atoms with Gasteiger partial charge in [0.25, 0.3) is 0 Å². The van der Waals surface area contributed by atoms with Crippen LogP contribution in [0.15, 0.2) is 55.6 Å². The highest BCUT2D eigenvalue weighted by atomic mass is 16.6. The van der Waals surface area contributed by atoms with Crippen molar-refractivity contribution < 1.29 is 33.8 Å². The molecule has 3 aliphatic rings. The van der Waals surface area contributed by atoms with Gasteiger partial charge in [0.05, 0.1) is 36.6 Å². The molecule has 1 spiro atoms. The second kappa shape index (κ2) is 15.4. The number of unbranched alkanes of at least 4 members (excludes halogenated alkanes) is 1. The number of likely N-dealkylation sites (N-methyl/N-ethyl adjacent to an activating group) is 1. The average molecular weight is 638 g/mol. The highest BCUT2D eigenvalue weighted by Gasteiger charge is 2.75. The van der Waals surface area contributed by atoms with Crippen LogP contribution in [0.3, 0.4) is 0 Å². The lowest BCUT2D eigenvalue weighted by Crippen LogP contribution is -2.58. The van der Waals surface area contributed by atoms with E-state index in [2.05, 4.69) is 13.2 Å². The van der Waals surface area contributed by atoms with E-state index in [1.54, 1.807) is 29.0 Å². The second-order valence-corrected chi connectivity index (χ2v) is 12.8. The van der Waals surface area contributed by atoms with Gasteiger partial charge in [-0.1, -0.05) is 62.8 Å². The molecular weight excluding hydrogens is 586 g/mol. The monoisotopic (exact) mass is 637 g/mol. The maximum Gasteiger partial charge on any atom is 0.313 e. The molecule has 4 rings (SSSR count). The number of benzene rings is 1. The summed E-state index contributed by atoms with van der Waals surface area (Å²) in [7, 11) is 1.69. The third kappa shape index (κ3) is 6.51. The summed E-state index contributed by atoms with van der Waals surface area (Å²) in [5.74, 6) is -3.15. The maximum absolute atomic E-state index is 14.4. The lowest BCUT2D eigenvalue weighted by atomic mass is 9.70. The predicted molar refractivity (Wildman–Crippen MR) is 174 cm³/mol. The molecule has 3 fully saturated rings. The van der Waals surface area contributed by atoms with Crippen LogP contribution < -0.4 is 0 Å². The van der Waals surface area contributed by atoms with Crippen molar-refractivity contribution in [2.24, 2.45) is 11.8 Å². The summed E-state index contributed by atoms with van der Waals surface area (Å²) in [6, 6.07) is 7.17. The molecule has 1 aromatic rings. The van der Waals surface area contributed by atoms with Crippen LogP contribution in [0.4, 0.5) is 0 Å². The lowest BCUT2D eigenvalue weighted by molar-refractivity contribution is -0.165. The van der Waals surface area contributed by atoms with Gasteiger partial charge in [-0.15, -0.1) is 13.2 Å². The molecule has 10 nitrogen and oxygen atoms in total. The van der Waals surface area contributed by atoms with E-state index < -0.39 is 53.7 Å². The molecular formula is C36H51N3O7. The Hall–Kier alpha value is -3.50. The van der Waals surface area contributed by atoms with Crippen molar-refractivity contribution in [1.29, 1.82) is 0 Å². The summed E-state index contributed by atoms with van der Waals surface area (Å²) in [6.07, 6.45) is 5.84. The molecule has 3 saturated heterocycles. The van der Waals surface area contributed by atoms with Gasteiger partial charge in [-0.25, -0.2) is 0 Å². The molecule has 3 aliphatic heterocycles. The Kier molecular flexibility index (Phi) is 11.8. The average Bonchev–Trinajstić information content (AvgIpc) is 3.72. The Labute approximate surface area is 273 Å². The van der Waals surface area contributed by atoms with E-state index in [9.17, 15) is 24.3 Å². The molecule has 0 unspecified atom stereocenters. The van der Waals surface area contributed by atoms with Gasteiger partial charge in [-0.05, 0) is 44.6 Å². The number of likely N-dealkylation sites (tertiary alicyclic amines) is 1. The number of amides is 3. The zero-order chi connectivity index (χ0) is 33.6. The van der Waals surface area contributed by atoms with Crippen molar-refractivity contribution >= 4 is 23.7 Å². The quantitative estimate of drug-likeness (QED) is 0.202. The van der Waals surface area contributed by atoms with E-state index in [4.69, 9.17) is 9.47 Å². The topological polar surface area (TPSA) is 117 Å². The Morgan fingerprint density at radius 3 is 2.52 bits per heavy atom. The van der Waals surface area contributed by atoms with Crippen LogP contribution >= 0.6 is 0 Å². The van der Waals surface area contributed by atoms with Crippen molar-refractivity contribution in [3.05, 3.63) is 61.2 Å². The van der Waals surface area contributed by atoms with Crippen molar-refractivity contribution in [3.8, 4) is 0 Å². The standard InChI is InChI=1S/C36H51N3O7/c1-7-11-18-28(41)37(6)24(5)31(25-16-14-13-15-17-25)45-35(44)29-27-19-20-36(46-27)30(29)33(42)39(26(10-4)23-40)32(36)34(43)38(21-9-3)22-12-8-2/h7,9,13-17,24,26-27,29-32,40H,1,3,8,10-12,18-23H2,2,4-6H3/t24-,26-,27+,29-,30-,31+,32+,36-/m0/s1. The molecule has 0 radical (unpaired) electrons. The number of fused-ring (bicyclic) bond motifs is 1. The van der Waals surface area contributed by atoms with E-state index in [1.807, 2.05) is 51.1 Å². The summed E-state index contributed by atoms with van der Waals surface area (Å²) in [6.45, 7) is 13.8. The number of carbonyl (C=O) groups is 4. The highest BCUT2D eigenvalue weighted by molar-refractivity contribution is 5.98. The third-order valence-corrected chi connectivity index (χ3v) is 10.1. The first-order chi connectivity index (χ1) is 22.1. The fourth-order valence-electron chi connectivity index (χ4n) is 7.54. The van der Waals surface area contributed by atoms with E-state index >= 15 is 0 Å². The van der Waals surface area contributed by atoms with Gasteiger partial charge < -0.3 is 29.3 Å². The molecule has 1 aromatic carbocycles. The molecule has 0 aliphatic carbocycles. The Balaban J connectivity index is 1.69. The van der Waals surface area contributed by atoms with Gasteiger partial charge in [0.1, 0.15) is 17.7 Å². The number of rotatable bonds is 17. The normalized spacial score (nSPS) is 26.6. The minimum Gasteiger partial charge on any atom is -0.455 e. The third-order valence-electron chi connectivity index (χ3n) is 10.1. The van der Waals surface area contributed by atoms with Gasteiger partial charge >= 0.3 is 5.97 Å². The van der Waals surface area contributed by atoms with E-state index in [0.29, 0.717) is 38.8 Å². The molecule has 8 atom stereocenters. The first-order valence-electron chi connectivity index (χ1n) is 16.7. The molecule has 46 heavy (non-hydrogen) atoms. The number of ether oxygens (including phenoxy) is 2. The number of nitrogens with zero attached hydrogens (tertiary/aromatic N) is 3. The summed E-state index contributed by atoms with van der Waals surface area (Å²) in [5, 5.41) is 10.3. The molecule has 3 amide bonds. The Morgan fingerprint density at radius 1 is 1.20 bits per heavy atom. The lowest BCUT2D eigenvalue weighted by Gasteiger charge is -2.39. The van der Waals surface area contributed by atoms with Gasteiger partial charge in [0.2, 0.25) is 17.7 Å². The number of hydrogen-bond donors (Lipinski definition) is 1. The number of aliphatic hydroxyl groups is 1. The molecule has 0 saturated carbocycles. The van der Waals surface area contributed by atoms with Crippen molar-refractivity contribution in [3.63, 3.8) is 0 Å². The van der Waals surface area contributed by atoms with Gasteiger partial charge in [0, 0.05) is 26.6 Å². The fourth-order valence-corrected chi connectivity index (χ4v) is 7.54. The number of esters is 1. The molecule has 252 valence electrons. The second-order valence-electron chi connectivity index (χ2n) is 12.8. The van der Waals surface area contributed by atoms with Crippen LogP contribution in [-0.2, 0) is 28.7 Å². The summed E-state index contributed by atoms with van der Waals surface area (Å²) in [4.78, 5) is 60.8. The van der Waals surface area contributed by atoms with Crippen LogP contribution in [0.1, 0.15) is 77.4 Å². The molecule has 10 heteroatoms. The highest BCUT2D eigenvalue weighted by Crippen LogP contribution is 2.59. The van der Waals surface area contributed by atoms with Crippen molar-refractivity contribution in [2.45, 2.75) is 102 Å². The zero-order valence-electron chi connectivity index (χ0n) is 27.8. The number of hydrogen-bond acceptors (Lipinski definition) is 7. The number of aliphatic hydroxyl groups excluding tert-OH is 1. The van der Waals surface area contributed by atoms with Crippen LogP contribution in [0, 0.1) is 11.8 Å². The van der Waals surface area contributed by atoms with Gasteiger partial charge in [-0.3, -0.25) is 19.2 Å². The van der Waals surface area contributed by atoms with E-state index in [-0.39, 0.29) is 30.7 Å². The first kappa shape index (κ1) is 35.4. The van der Waals surface area contributed by atoms with Crippen LogP contribution in [0.2, 0.25) is 0 Å². The summed E-state index contributed by atoms with van der Waals surface area (Å²) in [5.41, 5.74) is -0.484. The van der Waals surface area contributed by atoms with E-state index in [1.165, 1.54) is 4.90 Å². The van der Waals surface area contributed by atoms with Crippen molar-refractivity contribution in [1.82, 2.24) is 14.7 Å². The van der Waals surface area contributed by atoms with E-state index in [0.717, 1.165) is 18.4 Å². The fraction of sp³-hybridized carbons (Fsp3) is 0.611. The SMILES string of the molecule is C=CCCC(=O)N(C)[C@@H](C)[C@@H](OC(=O)[C@@H]1[C@H]2C(=O)N([C@@H](CC)CO)[C@H](C(=O)N(CC=C)CCCC)[C@]23CC[C@H]1O3)c1ccccc1.